The molecule has 1 aliphatic heterocycles. The predicted octanol–water partition coefficient (Wildman–Crippen LogP) is 3.09. The standard InChI is InChI=1S/C16H24O3/c1-14(2)8-5-9-15(3)12(14)7-6-11(13(17)18-4)16(15)10-19-16/h6,12H,5,7-10H2,1-4H3/t12?,15-,16+/m0/s1. The Kier molecular flexibility index (Phi) is 2.66. The summed E-state index contributed by atoms with van der Waals surface area (Å²) in [6.45, 7) is 7.72. The molecule has 3 nitrogen and oxygen atoms in total. The average Bonchev–Trinajstić information content (AvgIpc) is 3.12. The molecule has 19 heavy (non-hydrogen) atoms. The number of hydrogen-bond acceptors (Lipinski definition) is 3. The molecule has 1 unspecified atom stereocenters. The van der Waals surface area contributed by atoms with Crippen molar-refractivity contribution in [1.82, 2.24) is 0 Å². The number of hydrogen-bond donors (Lipinski definition) is 0. The van der Waals surface area contributed by atoms with Crippen LogP contribution in [0.3, 0.4) is 0 Å². The van der Waals surface area contributed by atoms with Crippen molar-refractivity contribution in [2.75, 3.05) is 13.7 Å². The second kappa shape index (κ2) is 3.85. The lowest BCUT2D eigenvalue weighted by molar-refractivity contribution is -0.139. The zero-order chi connectivity index (χ0) is 13.9. The Morgan fingerprint density at radius 1 is 1.37 bits per heavy atom. The summed E-state index contributed by atoms with van der Waals surface area (Å²) in [5.41, 5.74) is 0.809. The van der Waals surface area contributed by atoms with E-state index < -0.39 is 0 Å². The van der Waals surface area contributed by atoms with Crippen LogP contribution < -0.4 is 0 Å². The van der Waals surface area contributed by atoms with Crippen molar-refractivity contribution >= 4 is 5.97 Å². The van der Waals surface area contributed by atoms with Crippen molar-refractivity contribution in [3.63, 3.8) is 0 Å². The van der Waals surface area contributed by atoms with Crippen LogP contribution in [0.15, 0.2) is 11.6 Å². The quantitative estimate of drug-likeness (QED) is 0.539. The fourth-order valence-electron chi connectivity index (χ4n) is 4.81. The molecule has 1 saturated carbocycles. The van der Waals surface area contributed by atoms with Gasteiger partial charge in [-0.25, -0.2) is 4.79 Å². The van der Waals surface area contributed by atoms with E-state index in [1.165, 1.54) is 20.0 Å². The molecule has 3 rings (SSSR count). The third kappa shape index (κ3) is 1.57. The van der Waals surface area contributed by atoms with Crippen LogP contribution in [-0.4, -0.2) is 25.3 Å². The number of epoxide rings is 1. The molecule has 1 saturated heterocycles. The maximum atomic E-state index is 12.0. The molecule has 2 aliphatic carbocycles. The fraction of sp³-hybridized carbons (Fsp3) is 0.812. The van der Waals surface area contributed by atoms with Crippen molar-refractivity contribution in [2.45, 2.75) is 52.1 Å². The molecule has 106 valence electrons. The largest absolute Gasteiger partial charge is 0.466 e. The van der Waals surface area contributed by atoms with Gasteiger partial charge < -0.3 is 9.47 Å². The lowest BCUT2D eigenvalue weighted by Crippen LogP contribution is -2.54. The van der Waals surface area contributed by atoms with Gasteiger partial charge in [0.05, 0.1) is 19.3 Å². The zero-order valence-corrected chi connectivity index (χ0v) is 12.4. The summed E-state index contributed by atoms with van der Waals surface area (Å²) in [4.78, 5) is 12.0. The molecule has 1 spiro atoms. The number of esters is 1. The Morgan fingerprint density at radius 2 is 2.05 bits per heavy atom. The molecule has 3 atom stereocenters. The molecular weight excluding hydrogens is 240 g/mol. The number of carbonyl (C=O) groups is 1. The zero-order valence-electron chi connectivity index (χ0n) is 12.4. The lowest BCUT2D eigenvalue weighted by Gasteiger charge is -2.55. The van der Waals surface area contributed by atoms with Gasteiger partial charge in [-0.2, -0.15) is 0 Å². The van der Waals surface area contributed by atoms with Crippen molar-refractivity contribution in [3.05, 3.63) is 11.6 Å². The Morgan fingerprint density at radius 3 is 2.63 bits per heavy atom. The molecule has 0 aromatic rings. The molecule has 0 amide bonds. The highest BCUT2D eigenvalue weighted by Crippen LogP contribution is 2.66. The SMILES string of the molecule is COC(=O)C1=CCC2C(C)(C)CCC[C@]2(C)[C@@]12CO2. The van der Waals surface area contributed by atoms with Gasteiger partial charge in [0.25, 0.3) is 0 Å². The van der Waals surface area contributed by atoms with Crippen LogP contribution >= 0.6 is 0 Å². The summed E-state index contributed by atoms with van der Waals surface area (Å²) >= 11 is 0. The Bertz CT molecular complexity index is 445. The molecule has 0 radical (unpaired) electrons. The fourth-order valence-corrected chi connectivity index (χ4v) is 4.81. The first-order valence-corrected chi connectivity index (χ1v) is 7.30. The molecule has 2 fully saturated rings. The lowest BCUT2D eigenvalue weighted by atomic mass is 9.48. The van der Waals surface area contributed by atoms with E-state index in [2.05, 4.69) is 26.8 Å². The van der Waals surface area contributed by atoms with Gasteiger partial charge in [0.15, 0.2) is 0 Å². The second-order valence-corrected chi connectivity index (χ2v) is 7.27. The van der Waals surface area contributed by atoms with Gasteiger partial charge in [-0.15, -0.1) is 0 Å². The highest BCUT2D eigenvalue weighted by atomic mass is 16.6. The maximum absolute atomic E-state index is 12.0. The molecular formula is C16H24O3. The first kappa shape index (κ1) is 13.2. The molecule has 3 aliphatic rings. The monoisotopic (exact) mass is 264 g/mol. The molecule has 0 N–H and O–H groups in total. The summed E-state index contributed by atoms with van der Waals surface area (Å²) in [7, 11) is 1.46. The van der Waals surface area contributed by atoms with Crippen molar-refractivity contribution < 1.29 is 14.3 Å². The minimum absolute atomic E-state index is 0.0764. The number of carbonyl (C=O) groups excluding carboxylic acids is 1. The van der Waals surface area contributed by atoms with Gasteiger partial charge in [0, 0.05) is 5.41 Å². The summed E-state index contributed by atoms with van der Waals surface area (Å²) in [5.74, 6) is 0.380. The van der Waals surface area contributed by atoms with Crippen LogP contribution in [0, 0.1) is 16.7 Å². The van der Waals surface area contributed by atoms with E-state index >= 15 is 0 Å². The Labute approximate surface area is 115 Å². The van der Waals surface area contributed by atoms with E-state index in [9.17, 15) is 4.79 Å². The van der Waals surface area contributed by atoms with Crippen molar-refractivity contribution in [1.29, 1.82) is 0 Å². The second-order valence-electron chi connectivity index (χ2n) is 7.27. The molecule has 0 bridgehead atoms. The van der Waals surface area contributed by atoms with Gasteiger partial charge in [0.1, 0.15) is 5.60 Å². The molecule has 3 heteroatoms. The van der Waals surface area contributed by atoms with Gasteiger partial charge in [-0.05, 0) is 30.6 Å². The van der Waals surface area contributed by atoms with Crippen LogP contribution in [0.25, 0.3) is 0 Å². The normalized spacial score (nSPS) is 43.4. The van der Waals surface area contributed by atoms with Gasteiger partial charge in [-0.3, -0.25) is 0 Å². The predicted molar refractivity (Wildman–Crippen MR) is 72.6 cm³/mol. The van der Waals surface area contributed by atoms with Crippen LogP contribution in [0.2, 0.25) is 0 Å². The van der Waals surface area contributed by atoms with Crippen molar-refractivity contribution in [2.24, 2.45) is 16.7 Å². The van der Waals surface area contributed by atoms with Gasteiger partial charge in [0.2, 0.25) is 0 Å². The van der Waals surface area contributed by atoms with Crippen LogP contribution in [-0.2, 0) is 14.3 Å². The minimum atomic E-state index is -0.360. The highest BCUT2D eigenvalue weighted by Gasteiger charge is 2.69. The number of rotatable bonds is 1. The number of allylic oxidation sites excluding steroid dienone is 1. The average molecular weight is 264 g/mol. The van der Waals surface area contributed by atoms with Gasteiger partial charge in [-0.1, -0.05) is 33.3 Å². The van der Waals surface area contributed by atoms with E-state index in [1.54, 1.807) is 0 Å². The molecule has 0 aromatic carbocycles. The Balaban J connectivity index is 2.05. The first-order chi connectivity index (χ1) is 8.87. The van der Waals surface area contributed by atoms with Crippen molar-refractivity contribution in [3.8, 4) is 0 Å². The van der Waals surface area contributed by atoms with E-state index in [-0.39, 0.29) is 17.0 Å². The summed E-state index contributed by atoms with van der Waals surface area (Å²) in [5, 5.41) is 0. The van der Waals surface area contributed by atoms with Crippen LogP contribution in [0.5, 0.6) is 0 Å². The number of ether oxygens (including phenoxy) is 2. The van der Waals surface area contributed by atoms with E-state index in [1.807, 2.05) is 0 Å². The van der Waals surface area contributed by atoms with E-state index in [0.717, 1.165) is 18.4 Å². The third-order valence-corrected chi connectivity index (χ3v) is 5.98. The third-order valence-electron chi connectivity index (χ3n) is 5.98. The summed E-state index contributed by atoms with van der Waals surface area (Å²) in [6, 6.07) is 0. The first-order valence-electron chi connectivity index (χ1n) is 7.30. The number of fused-ring (bicyclic) bond motifs is 2. The molecule has 0 aromatic heterocycles. The Hall–Kier alpha value is -0.830. The highest BCUT2D eigenvalue weighted by molar-refractivity contribution is 5.92. The smallest absolute Gasteiger partial charge is 0.336 e. The van der Waals surface area contributed by atoms with Crippen LogP contribution in [0.1, 0.15) is 46.5 Å². The summed E-state index contributed by atoms with van der Waals surface area (Å²) < 4.78 is 10.8. The van der Waals surface area contributed by atoms with Crippen LogP contribution in [0.4, 0.5) is 0 Å². The van der Waals surface area contributed by atoms with Gasteiger partial charge >= 0.3 is 5.97 Å². The van der Waals surface area contributed by atoms with E-state index in [0.29, 0.717) is 17.9 Å². The molecule has 1 heterocycles. The minimum Gasteiger partial charge on any atom is -0.466 e. The summed E-state index contributed by atoms with van der Waals surface area (Å²) in [6.07, 6.45) is 6.69. The van der Waals surface area contributed by atoms with E-state index in [4.69, 9.17) is 9.47 Å². The number of methoxy groups -OCH3 is 1. The topological polar surface area (TPSA) is 38.8 Å². The maximum Gasteiger partial charge on any atom is 0.336 e.